The van der Waals surface area contributed by atoms with Gasteiger partial charge in [0.15, 0.2) is 5.78 Å². The van der Waals surface area contributed by atoms with E-state index in [1.165, 1.54) is 5.54 Å². The summed E-state index contributed by atoms with van der Waals surface area (Å²) in [7, 11) is 0. The Morgan fingerprint density at radius 1 is 1.59 bits per heavy atom. The van der Waals surface area contributed by atoms with Crippen LogP contribution in [0.15, 0.2) is 28.1 Å². The summed E-state index contributed by atoms with van der Waals surface area (Å²) in [4.78, 5) is 17.3. The lowest BCUT2D eigenvalue weighted by Gasteiger charge is -2.25. The number of rotatable bonds is 8. The van der Waals surface area contributed by atoms with Crippen LogP contribution in [-0.2, 0) is 9.63 Å². The number of nitrogens with zero attached hydrogens (tertiary/aromatic N) is 1. The average molecular weight is 346 g/mol. The zero-order valence-corrected chi connectivity index (χ0v) is 14.9. The predicted octanol–water partition coefficient (Wildman–Crippen LogP) is 4.45. The van der Waals surface area contributed by atoms with Gasteiger partial charge < -0.3 is 9.94 Å². The van der Waals surface area contributed by atoms with E-state index in [0.29, 0.717) is 29.4 Å². The van der Waals surface area contributed by atoms with E-state index in [-0.39, 0.29) is 24.1 Å². The highest BCUT2D eigenvalue weighted by atomic mass is 35.5. The molecule has 0 aliphatic heterocycles. The number of ketones is 1. The number of hydrogen-bond donors (Lipinski definition) is 1. The highest BCUT2D eigenvalue weighted by molar-refractivity contribution is 7.99. The van der Waals surface area contributed by atoms with Crippen molar-refractivity contribution < 1.29 is 14.7 Å². The molecular weight excluding hydrogens is 322 g/mol. The number of aliphatic hydroxyl groups is 1. The molecule has 1 unspecified atom stereocenters. The van der Waals surface area contributed by atoms with Gasteiger partial charge in [0.25, 0.3) is 0 Å². The van der Waals surface area contributed by atoms with Gasteiger partial charge in [0.05, 0.1) is 11.3 Å². The fraction of sp³-hybridized carbons (Fsp3) is 0.625. The van der Waals surface area contributed by atoms with Crippen LogP contribution in [0.3, 0.4) is 0 Å². The first kappa shape index (κ1) is 19.1. The van der Waals surface area contributed by atoms with Crippen molar-refractivity contribution in [3.8, 4) is 0 Å². The zero-order chi connectivity index (χ0) is 16.5. The number of oxime groups is 1. The molecule has 22 heavy (non-hydrogen) atoms. The molecule has 1 N–H and O–H groups in total. The maximum absolute atomic E-state index is 12.3. The lowest BCUT2D eigenvalue weighted by Crippen LogP contribution is -2.25. The molecule has 0 saturated carbocycles. The van der Waals surface area contributed by atoms with Crippen molar-refractivity contribution in [1.82, 2.24) is 0 Å². The normalized spacial score (nSPS) is 21.5. The lowest BCUT2D eigenvalue weighted by atomic mass is 9.83. The highest BCUT2D eigenvalue weighted by Gasteiger charge is 2.30. The Hall–Kier alpha value is -0.940. The molecule has 0 amide bonds. The summed E-state index contributed by atoms with van der Waals surface area (Å²) in [6.45, 7) is 6.20. The Bertz CT molecular complexity index is 474. The van der Waals surface area contributed by atoms with E-state index in [1.54, 1.807) is 13.0 Å². The number of thioether (sulfide) groups is 1. The molecule has 1 aliphatic rings. The van der Waals surface area contributed by atoms with Crippen LogP contribution < -0.4 is 0 Å². The van der Waals surface area contributed by atoms with Crippen LogP contribution >= 0.6 is 23.4 Å². The van der Waals surface area contributed by atoms with E-state index in [9.17, 15) is 9.90 Å². The van der Waals surface area contributed by atoms with Crippen LogP contribution in [0, 0.1) is 5.92 Å². The molecule has 124 valence electrons. The molecule has 1 aliphatic carbocycles. The van der Waals surface area contributed by atoms with Gasteiger partial charge >= 0.3 is 0 Å². The van der Waals surface area contributed by atoms with Crippen molar-refractivity contribution in [2.24, 2.45) is 11.1 Å². The quantitative estimate of drug-likeness (QED) is 0.401. The van der Waals surface area contributed by atoms with Gasteiger partial charge in [-0.2, -0.15) is 11.8 Å². The monoisotopic (exact) mass is 345 g/mol. The average Bonchev–Trinajstić information content (AvgIpc) is 2.43. The predicted molar refractivity (Wildman–Crippen MR) is 93.7 cm³/mol. The first-order valence-corrected chi connectivity index (χ1v) is 8.97. The van der Waals surface area contributed by atoms with E-state index in [4.69, 9.17) is 16.4 Å². The first-order valence-electron chi connectivity index (χ1n) is 7.48. The Morgan fingerprint density at radius 2 is 2.32 bits per heavy atom. The molecular formula is C16H24ClNO3S. The van der Waals surface area contributed by atoms with Crippen LogP contribution in [-0.4, -0.2) is 34.2 Å². The summed E-state index contributed by atoms with van der Waals surface area (Å²) >= 11 is 7.26. The summed E-state index contributed by atoms with van der Waals surface area (Å²) in [6, 6.07) is 0. The molecule has 0 aromatic carbocycles. The van der Waals surface area contributed by atoms with Crippen LogP contribution in [0.5, 0.6) is 0 Å². The van der Waals surface area contributed by atoms with Crippen molar-refractivity contribution in [3.05, 3.63) is 22.9 Å². The molecule has 0 saturated heterocycles. The van der Waals surface area contributed by atoms with Gasteiger partial charge in [-0.3, -0.25) is 4.79 Å². The van der Waals surface area contributed by atoms with Crippen molar-refractivity contribution in [2.45, 2.75) is 45.3 Å². The fourth-order valence-electron chi connectivity index (χ4n) is 2.63. The third kappa shape index (κ3) is 6.05. The standard InChI is InChI=1S/C16H24ClNO3S/c1-4-22-11(2)8-13-9-14(19)16(15(20)10-13)12(3)18-21-7-5-6-17/h5-6,11,13,19H,4,7-10H2,1-3H3/b6-5+,18-12?/t11-,13?/m0/s1. The van der Waals surface area contributed by atoms with Crippen LogP contribution in [0.25, 0.3) is 0 Å². The molecule has 0 bridgehead atoms. The van der Waals surface area contributed by atoms with Gasteiger partial charge in [-0.05, 0) is 31.1 Å². The molecule has 1 rings (SSSR count). The largest absolute Gasteiger partial charge is 0.511 e. The second-order valence-corrected chi connectivity index (χ2v) is 7.32. The van der Waals surface area contributed by atoms with E-state index in [1.807, 2.05) is 11.8 Å². The minimum Gasteiger partial charge on any atom is -0.511 e. The smallest absolute Gasteiger partial charge is 0.168 e. The molecule has 2 atom stereocenters. The number of carbonyl (C=O) groups is 1. The number of allylic oxidation sites excluding steroid dienone is 2. The molecule has 0 aromatic heterocycles. The number of halogens is 1. The highest BCUT2D eigenvalue weighted by Crippen LogP contribution is 2.32. The van der Waals surface area contributed by atoms with Crippen molar-refractivity contribution in [2.75, 3.05) is 12.4 Å². The molecule has 6 heteroatoms. The summed E-state index contributed by atoms with van der Waals surface area (Å²) < 4.78 is 0. The van der Waals surface area contributed by atoms with Crippen LogP contribution in [0.2, 0.25) is 0 Å². The third-order valence-corrected chi connectivity index (χ3v) is 4.74. The summed E-state index contributed by atoms with van der Waals surface area (Å²) in [5.74, 6) is 1.35. The van der Waals surface area contributed by atoms with E-state index in [2.05, 4.69) is 19.0 Å². The van der Waals surface area contributed by atoms with Gasteiger partial charge in [-0.15, -0.1) is 0 Å². The minimum atomic E-state index is -0.0554. The molecule has 0 fully saturated rings. The third-order valence-electron chi connectivity index (χ3n) is 3.46. The molecule has 0 spiro atoms. The summed E-state index contributed by atoms with van der Waals surface area (Å²) in [5.41, 5.74) is 2.06. The van der Waals surface area contributed by atoms with Gasteiger partial charge in [0.1, 0.15) is 12.4 Å². The Morgan fingerprint density at radius 3 is 2.91 bits per heavy atom. The van der Waals surface area contributed by atoms with Gasteiger partial charge in [0, 0.05) is 23.6 Å². The summed E-state index contributed by atoms with van der Waals surface area (Å²) in [6.07, 6.45) is 3.53. The van der Waals surface area contributed by atoms with Crippen molar-refractivity contribution in [1.29, 1.82) is 0 Å². The topological polar surface area (TPSA) is 58.9 Å². The number of Topliss-reactive ketones (excluding diaryl/α,β-unsaturated/α-hetero) is 1. The summed E-state index contributed by atoms with van der Waals surface area (Å²) in [5, 5.41) is 14.6. The van der Waals surface area contributed by atoms with E-state index in [0.717, 1.165) is 12.2 Å². The number of aliphatic hydroxyl groups excluding tert-OH is 1. The number of carbonyl (C=O) groups excluding carboxylic acids is 1. The molecule has 0 radical (unpaired) electrons. The van der Waals surface area contributed by atoms with Crippen molar-refractivity contribution >= 4 is 34.9 Å². The maximum atomic E-state index is 12.3. The second kappa shape index (κ2) is 9.95. The Labute approximate surface area is 141 Å². The lowest BCUT2D eigenvalue weighted by molar-refractivity contribution is -0.116. The molecule has 0 aromatic rings. The van der Waals surface area contributed by atoms with Gasteiger partial charge in [-0.25, -0.2) is 0 Å². The Kier molecular flexibility index (Phi) is 8.64. The van der Waals surface area contributed by atoms with Gasteiger partial charge in [-0.1, -0.05) is 30.6 Å². The minimum absolute atomic E-state index is 0.0554. The molecule has 4 nitrogen and oxygen atoms in total. The van der Waals surface area contributed by atoms with Gasteiger partial charge in [0.2, 0.25) is 0 Å². The van der Waals surface area contributed by atoms with Crippen LogP contribution in [0.4, 0.5) is 0 Å². The number of hydrogen-bond acceptors (Lipinski definition) is 5. The van der Waals surface area contributed by atoms with E-state index < -0.39 is 0 Å². The Balaban J connectivity index is 2.70. The van der Waals surface area contributed by atoms with E-state index >= 15 is 0 Å². The fourth-order valence-corrected chi connectivity index (χ4v) is 3.68. The zero-order valence-electron chi connectivity index (χ0n) is 13.3. The maximum Gasteiger partial charge on any atom is 0.168 e. The second-order valence-electron chi connectivity index (χ2n) is 5.35. The van der Waals surface area contributed by atoms with Crippen molar-refractivity contribution in [3.63, 3.8) is 0 Å². The first-order chi connectivity index (χ1) is 10.5. The van der Waals surface area contributed by atoms with Crippen LogP contribution in [0.1, 0.15) is 40.0 Å². The SMILES string of the molecule is CCS[C@@H](C)CC1CC(=O)C(C(C)=NOC/C=C/Cl)=C(O)C1. The molecule has 0 heterocycles.